The fraction of sp³-hybridized carbons (Fsp3) is 0.444. The van der Waals surface area contributed by atoms with Gasteiger partial charge in [-0.05, 0) is 17.7 Å². The van der Waals surface area contributed by atoms with Gasteiger partial charge in [-0.2, -0.15) is 13.2 Å². The van der Waals surface area contributed by atoms with Crippen LogP contribution in [0.3, 0.4) is 0 Å². The van der Waals surface area contributed by atoms with Crippen LogP contribution in [0.5, 0.6) is 0 Å². The number of nitrogens with zero attached hydrogens (tertiary/aromatic N) is 1. The summed E-state index contributed by atoms with van der Waals surface area (Å²) >= 11 is 0.951. The van der Waals surface area contributed by atoms with E-state index in [-0.39, 0.29) is 22.8 Å². The molecule has 1 aliphatic heterocycles. The lowest BCUT2D eigenvalue weighted by molar-refractivity contribution is -0.231. The molecule has 2 aromatic rings. The predicted molar refractivity (Wildman–Crippen MR) is 97.4 cm³/mol. The van der Waals surface area contributed by atoms with E-state index in [1.165, 1.54) is 17.5 Å². The number of aliphatic hydroxyl groups excluding tert-OH is 4. The van der Waals surface area contributed by atoms with Gasteiger partial charge in [0, 0.05) is 11.9 Å². The summed E-state index contributed by atoms with van der Waals surface area (Å²) in [5, 5.41) is 43.0. The van der Waals surface area contributed by atoms with E-state index in [0.717, 1.165) is 23.5 Å². The molecule has 0 bridgehead atoms. The molecule has 1 aromatic carbocycles. The number of benzene rings is 1. The first-order valence-corrected chi connectivity index (χ1v) is 9.70. The second kappa shape index (κ2) is 8.96. The van der Waals surface area contributed by atoms with Crippen LogP contribution in [0.2, 0.25) is 0 Å². The van der Waals surface area contributed by atoms with Crippen LogP contribution in [-0.2, 0) is 17.5 Å². The number of carbonyl (C=O) groups is 1. The molecule has 164 valence electrons. The largest absolute Gasteiger partial charge is 0.416 e. The van der Waals surface area contributed by atoms with E-state index in [0.29, 0.717) is 0 Å². The van der Waals surface area contributed by atoms with Crippen molar-refractivity contribution in [2.45, 2.75) is 43.2 Å². The average molecular weight is 448 g/mol. The summed E-state index contributed by atoms with van der Waals surface area (Å²) in [6, 6.07) is 4.54. The molecule has 1 fully saturated rings. The Morgan fingerprint density at radius 1 is 1.20 bits per heavy atom. The lowest BCUT2D eigenvalue weighted by Crippen LogP contribution is -2.55. The number of ether oxygens (including phenoxy) is 1. The number of aromatic nitrogens is 1. The summed E-state index contributed by atoms with van der Waals surface area (Å²) in [7, 11) is 0. The van der Waals surface area contributed by atoms with Crippen molar-refractivity contribution in [3.05, 3.63) is 51.5 Å². The highest BCUT2D eigenvalue weighted by Crippen LogP contribution is 2.34. The van der Waals surface area contributed by atoms with E-state index in [1.54, 1.807) is 0 Å². The molecule has 0 radical (unpaired) electrons. The van der Waals surface area contributed by atoms with Crippen LogP contribution in [-0.4, -0.2) is 62.3 Å². The molecule has 8 nitrogen and oxygen atoms in total. The minimum atomic E-state index is -4.49. The Bertz CT molecular complexity index is 891. The summed E-state index contributed by atoms with van der Waals surface area (Å²) < 4.78 is 43.7. The normalized spacial score (nSPS) is 27.1. The molecule has 0 spiro atoms. The van der Waals surface area contributed by atoms with Crippen LogP contribution in [0.4, 0.5) is 13.2 Å². The highest BCUT2D eigenvalue weighted by atomic mass is 32.1. The lowest BCUT2D eigenvalue weighted by atomic mass is 9.95. The average Bonchev–Trinajstić information content (AvgIpc) is 3.20. The standard InChI is InChI=1S/C18H19F3N2O6S/c19-18(20,21)9-3-1-2-8(4-9)5-22-16(28)10-7-30-17(23-10)15-14(27)13(26)12(25)11(6-24)29-15/h1-4,7,11-15,24-27H,5-6H2,(H,22,28)/t11-,12+,13+,14-,15-/m1/s1. The Balaban J connectivity index is 1.67. The van der Waals surface area contributed by atoms with Crippen molar-refractivity contribution in [1.29, 1.82) is 0 Å². The third kappa shape index (κ3) is 4.79. The number of amides is 1. The second-order valence-corrected chi connectivity index (χ2v) is 7.59. The molecule has 30 heavy (non-hydrogen) atoms. The smallest absolute Gasteiger partial charge is 0.394 e. The summed E-state index contributed by atoms with van der Waals surface area (Å²) in [6.07, 6.45) is -11.4. The van der Waals surface area contributed by atoms with E-state index in [4.69, 9.17) is 4.74 Å². The van der Waals surface area contributed by atoms with E-state index < -0.39 is 54.8 Å². The zero-order valence-corrected chi connectivity index (χ0v) is 16.1. The second-order valence-electron chi connectivity index (χ2n) is 6.70. The summed E-state index contributed by atoms with van der Waals surface area (Å²) in [6.45, 7) is -0.757. The number of carbonyl (C=O) groups excluding carboxylic acids is 1. The Morgan fingerprint density at radius 2 is 1.93 bits per heavy atom. The van der Waals surface area contributed by atoms with Gasteiger partial charge in [0.1, 0.15) is 41.2 Å². The highest BCUT2D eigenvalue weighted by Gasteiger charge is 2.45. The molecule has 0 aliphatic carbocycles. The van der Waals surface area contributed by atoms with Crippen LogP contribution in [0.1, 0.15) is 32.7 Å². The number of alkyl halides is 3. The molecule has 5 N–H and O–H groups in total. The maximum atomic E-state index is 12.8. The fourth-order valence-electron chi connectivity index (χ4n) is 2.96. The summed E-state index contributed by atoms with van der Waals surface area (Å²) in [5.41, 5.74) is -0.630. The third-order valence-corrected chi connectivity index (χ3v) is 5.50. The zero-order valence-electron chi connectivity index (χ0n) is 15.3. The highest BCUT2D eigenvalue weighted by molar-refractivity contribution is 7.09. The van der Waals surface area contributed by atoms with Gasteiger partial charge in [-0.1, -0.05) is 12.1 Å². The Kier molecular flexibility index (Phi) is 6.75. The Morgan fingerprint density at radius 3 is 2.60 bits per heavy atom. The van der Waals surface area contributed by atoms with E-state index >= 15 is 0 Å². The van der Waals surface area contributed by atoms with Crippen LogP contribution >= 0.6 is 11.3 Å². The van der Waals surface area contributed by atoms with Gasteiger partial charge in [-0.3, -0.25) is 4.79 Å². The Labute approximate surface area is 172 Å². The predicted octanol–water partition coefficient (Wildman–Crippen LogP) is 0.607. The number of aliphatic hydroxyl groups is 4. The molecular formula is C18H19F3N2O6S. The van der Waals surface area contributed by atoms with Gasteiger partial charge in [-0.25, -0.2) is 4.98 Å². The monoisotopic (exact) mass is 448 g/mol. The van der Waals surface area contributed by atoms with Crippen molar-refractivity contribution >= 4 is 17.2 Å². The van der Waals surface area contributed by atoms with Gasteiger partial charge in [0.05, 0.1) is 12.2 Å². The molecule has 12 heteroatoms. The molecule has 3 rings (SSSR count). The number of nitrogens with one attached hydrogen (secondary N) is 1. The maximum Gasteiger partial charge on any atom is 0.416 e. The van der Waals surface area contributed by atoms with E-state index in [1.807, 2.05) is 0 Å². The summed E-state index contributed by atoms with van der Waals surface area (Å²) in [4.78, 5) is 16.3. The number of hydrogen-bond acceptors (Lipinski definition) is 8. The van der Waals surface area contributed by atoms with Crippen LogP contribution in [0.25, 0.3) is 0 Å². The van der Waals surface area contributed by atoms with E-state index in [9.17, 15) is 38.4 Å². The molecule has 0 unspecified atom stereocenters. The first-order valence-electron chi connectivity index (χ1n) is 8.82. The van der Waals surface area contributed by atoms with Crippen LogP contribution in [0, 0.1) is 0 Å². The van der Waals surface area contributed by atoms with Gasteiger partial charge in [0.25, 0.3) is 5.91 Å². The molecule has 1 amide bonds. The molecule has 5 atom stereocenters. The van der Waals surface area contributed by atoms with Gasteiger partial charge < -0.3 is 30.5 Å². The van der Waals surface area contributed by atoms with Crippen molar-refractivity contribution < 1.29 is 43.1 Å². The quantitative estimate of drug-likeness (QED) is 0.453. The number of halogens is 3. The lowest BCUT2D eigenvalue weighted by Gasteiger charge is -2.39. The molecule has 1 aromatic heterocycles. The molecule has 0 saturated carbocycles. The SMILES string of the molecule is O=C(NCc1cccc(C(F)(F)F)c1)c1csc([C@@H]2O[C@H](CO)[C@H](O)[C@H](O)[C@H]2O)n1. The fourth-order valence-corrected chi connectivity index (χ4v) is 3.83. The van der Waals surface area contributed by atoms with Gasteiger partial charge in [0.2, 0.25) is 0 Å². The van der Waals surface area contributed by atoms with Crippen molar-refractivity contribution in [3.8, 4) is 0 Å². The minimum Gasteiger partial charge on any atom is -0.394 e. The van der Waals surface area contributed by atoms with Crippen LogP contribution < -0.4 is 5.32 Å². The maximum absolute atomic E-state index is 12.8. The first-order chi connectivity index (χ1) is 14.1. The van der Waals surface area contributed by atoms with Crippen molar-refractivity contribution in [2.75, 3.05) is 6.61 Å². The zero-order chi connectivity index (χ0) is 22.1. The van der Waals surface area contributed by atoms with Gasteiger partial charge in [0.15, 0.2) is 0 Å². The first kappa shape index (κ1) is 22.6. The van der Waals surface area contributed by atoms with Crippen LogP contribution in [0.15, 0.2) is 29.6 Å². The van der Waals surface area contributed by atoms with Crippen molar-refractivity contribution in [3.63, 3.8) is 0 Å². The molecular weight excluding hydrogens is 429 g/mol. The Hall–Kier alpha value is -2.09. The number of thiazole rings is 1. The topological polar surface area (TPSA) is 132 Å². The van der Waals surface area contributed by atoms with E-state index in [2.05, 4.69) is 10.3 Å². The summed E-state index contributed by atoms with van der Waals surface area (Å²) in [5.74, 6) is -0.653. The van der Waals surface area contributed by atoms with Crippen molar-refractivity contribution in [2.24, 2.45) is 0 Å². The minimum absolute atomic E-state index is 0.0565. The molecule has 2 heterocycles. The molecule has 1 aliphatic rings. The number of hydrogen-bond donors (Lipinski definition) is 5. The number of rotatable bonds is 5. The van der Waals surface area contributed by atoms with Gasteiger partial charge in [-0.15, -0.1) is 11.3 Å². The molecule has 1 saturated heterocycles. The van der Waals surface area contributed by atoms with Crippen molar-refractivity contribution in [1.82, 2.24) is 10.3 Å². The third-order valence-electron chi connectivity index (χ3n) is 4.60. The van der Waals surface area contributed by atoms with Gasteiger partial charge >= 0.3 is 6.18 Å².